The molecule has 0 bridgehead atoms. The van der Waals surface area contributed by atoms with Crippen molar-refractivity contribution in [2.24, 2.45) is 5.10 Å². The normalized spacial score (nSPS) is 10.4. The first kappa shape index (κ1) is 15.8. The molecule has 1 rings (SSSR count). The van der Waals surface area contributed by atoms with Crippen LogP contribution in [0.15, 0.2) is 20.1 Å². The number of hydrazone groups is 1. The van der Waals surface area contributed by atoms with Crippen molar-refractivity contribution in [1.82, 2.24) is 5.43 Å². The predicted octanol–water partition coefficient (Wildman–Crippen LogP) is 3.15. The van der Waals surface area contributed by atoms with Crippen molar-refractivity contribution in [3.63, 3.8) is 0 Å². The molecule has 0 spiro atoms. The maximum Gasteiger partial charge on any atom is 0.173 e. The maximum atomic E-state index is 9.88. The Morgan fingerprint density at radius 3 is 2.89 bits per heavy atom. The highest BCUT2D eigenvalue weighted by Crippen LogP contribution is 2.41. The Bertz CT molecular complexity index is 513. The summed E-state index contributed by atoms with van der Waals surface area (Å²) in [6, 6.07) is 3.70. The molecule has 0 radical (unpaired) electrons. The Balaban J connectivity index is 2.91. The van der Waals surface area contributed by atoms with Crippen LogP contribution < -0.4 is 10.2 Å². The van der Waals surface area contributed by atoms with Crippen LogP contribution in [-0.4, -0.2) is 24.5 Å². The second kappa shape index (κ2) is 8.02. The molecular weight excluding hydrogens is 378 g/mol. The van der Waals surface area contributed by atoms with Gasteiger partial charge in [0, 0.05) is 16.6 Å². The van der Waals surface area contributed by atoms with Crippen LogP contribution in [0.4, 0.5) is 0 Å². The molecular formula is C12H13Br2N3O2. The van der Waals surface area contributed by atoms with E-state index in [0.29, 0.717) is 34.3 Å². The van der Waals surface area contributed by atoms with E-state index >= 15 is 0 Å². The van der Waals surface area contributed by atoms with E-state index in [1.54, 1.807) is 12.3 Å². The molecule has 0 saturated heterocycles. The third-order valence-corrected chi connectivity index (χ3v) is 4.28. The van der Waals surface area contributed by atoms with E-state index in [2.05, 4.69) is 42.4 Å². The van der Waals surface area contributed by atoms with Gasteiger partial charge >= 0.3 is 0 Å². The van der Waals surface area contributed by atoms with Crippen LogP contribution in [0.25, 0.3) is 0 Å². The summed E-state index contributed by atoms with van der Waals surface area (Å²) in [4.78, 5) is 0. The molecule has 1 aromatic carbocycles. The predicted molar refractivity (Wildman–Crippen MR) is 80.5 cm³/mol. The van der Waals surface area contributed by atoms with E-state index in [9.17, 15) is 5.11 Å². The minimum absolute atomic E-state index is 0.0447. The Morgan fingerprint density at radius 2 is 2.26 bits per heavy atom. The molecule has 0 fully saturated rings. The lowest BCUT2D eigenvalue weighted by atomic mass is 10.2. The molecule has 7 heteroatoms. The number of nitrogens with zero attached hydrogens (tertiary/aromatic N) is 2. The highest BCUT2D eigenvalue weighted by atomic mass is 79.9. The Hall–Kier alpha value is -1.26. The molecule has 2 N–H and O–H groups in total. The number of phenolic OH excluding ortho intramolecular Hbond substituents is 1. The van der Waals surface area contributed by atoms with Crippen molar-refractivity contribution < 1.29 is 9.84 Å². The van der Waals surface area contributed by atoms with Gasteiger partial charge in [0.1, 0.15) is 0 Å². The Kier molecular flexibility index (Phi) is 6.67. The SMILES string of the molecule is CCOc1cc(/C=N/NCCC#N)c(Br)c(Br)c1O. The summed E-state index contributed by atoms with van der Waals surface area (Å²) < 4.78 is 6.52. The van der Waals surface area contributed by atoms with Crippen LogP contribution in [-0.2, 0) is 0 Å². The number of hydrogen-bond donors (Lipinski definition) is 2. The number of benzene rings is 1. The van der Waals surface area contributed by atoms with E-state index in [1.807, 2.05) is 13.0 Å². The fourth-order valence-corrected chi connectivity index (χ4v) is 2.09. The minimum atomic E-state index is 0.0447. The summed E-state index contributed by atoms with van der Waals surface area (Å²) in [5.74, 6) is 0.430. The molecule has 0 aromatic heterocycles. The van der Waals surface area contributed by atoms with E-state index < -0.39 is 0 Å². The third-order valence-electron chi connectivity index (χ3n) is 2.12. The fraction of sp³-hybridized carbons (Fsp3) is 0.333. The van der Waals surface area contributed by atoms with Gasteiger partial charge in [-0.05, 0) is 44.8 Å². The lowest BCUT2D eigenvalue weighted by Crippen LogP contribution is -2.07. The summed E-state index contributed by atoms with van der Waals surface area (Å²) in [6.07, 6.45) is 1.98. The second-order valence-corrected chi connectivity index (χ2v) is 5.03. The highest BCUT2D eigenvalue weighted by Gasteiger charge is 2.14. The molecule has 0 atom stereocenters. The van der Waals surface area contributed by atoms with Gasteiger partial charge in [0.2, 0.25) is 0 Å². The molecule has 0 amide bonds. The summed E-state index contributed by atoms with van der Waals surface area (Å²) >= 11 is 6.65. The monoisotopic (exact) mass is 389 g/mol. The number of nitrogens with one attached hydrogen (secondary N) is 1. The van der Waals surface area contributed by atoms with Crippen LogP contribution in [0.3, 0.4) is 0 Å². The van der Waals surface area contributed by atoms with Crippen LogP contribution in [0.5, 0.6) is 11.5 Å². The van der Waals surface area contributed by atoms with Crippen molar-refractivity contribution in [1.29, 1.82) is 5.26 Å². The molecule has 1 aromatic rings. The summed E-state index contributed by atoms with van der Waals surface area (Å²) in [6.45, 7) is 2.79. The zero-order chi connectivity index (χ0) is 14.3. The first-order valence-corrected chi connectivity index (χ1v) is 7.17. The lowest BCUT2D eigenvalue weighted by Gasteiger charge is -2.10. The standard InChI is InChI=1S/C12H13Br2N3O2/c1-2-19-9-6-8(7-17-16-5-3-4-15)10(13)11(14)12(9)18/h6-7,16,18H,2-3,5H2,1H3/b17-7+. The van der Waals surface area contributed by atoms with Crippen molar-refractivity contribution in [2.75, 3.05) is 13.2 Å². The van der Waals surface area contributed by atoms with Gasteiger partial charge in [-0.15, -0.1) is 0 Å². The van der Waals surface area contributed by atoms with Gasteiger partial charge in [0.05, 0.1) is 29.8 Å². The van der Waals surface area contributed by atoms with Crippen molar-refractivity contribution in [3.8, 4) is 17.6 Å². The average Bonchev–Trinajstić information content (AvgIpc) is 2.41. The van der Waals surface area contributed by atoms with Gasteiger partial charge in [-0.3, -0.25) is 0 Å². The van der Waals surface area contributed by atoms with Crippen molar-refractivity contribution in [2.45, 2.75) is 13.3 Å². The van der Waals surface area contributed by atoms with Gasteiger partial charge in [0.15, 0.2) is 11.5 Å². The van der Waals surface area contributed by atoms with E-state index in [-0.39, 0.29) is 5.75 Å². The first-order valence-electron chi connectivity index (χ1n) is 5.58. The number of ether oxygens (including phenoxy) is 1. The summed E-state index contributed by atoms with van der Waals surface area (Å²) in [7, 11) is 0. The van der Waals surface area contributed by atoms with Crippen LogP contribution >= 0.6 is 31.9 Å². The lowest BCUT2D eigenvalue weighted by molar-refractivity contribution is 0.317. The molecule has 0 heterocycles. The number of nitriles is 1. The summed E-state index contributed by atoms with van der Waals surface area (Å²) in [5.41, 5.74) is 3.50. The Labute approximate surface area is 128 Å². The highest BCUT2D eigenvalue weighted by molar-refractivity contribution is 9.13. The molecule has 0 aliphatic rings. The first-order chi connectivity index (χ1) is 9.11. The van der Waals surface area contributed by atoms with E-state index in [4.69, 9.17) is 10.00 Å². The van der Waals surface area contributed by atoms with Gasteiger partial charge < -0.3 is 15.3 Å². The van der Waals surface area contributed by atoms with Crippen molar-refractivity contribution >= 4 is 38.1 Å². The van der Waals surface area contributed by atoms with E-state index in [1.165, 1.54) is 0 Å². The smallest absolute Gasteiger partial charge is 0.173 e. The van der Waals surface area contributed by atoms with Gasteiger partial charge in [-0.25, -0.2) is 0 Å². The van der Waals surface area contributed by atoms with Crippen LogP contribution in [0.2, 0.25) is 0 Å². The molecule has 5 nitrogen and oxygen atoms in total. The summed E-state index contributed by atoms with van der Waals surface area (Å²) in [5, 5.41) is 22.3. The number of aromatic hydroxyl groups is 1. The number of halogens is 2. The average molecular weight is 391 g/mol. The molecule has 102 valence electrons. The van der Waals surface area contributed by atoms with E-state index in [0.717, 1.165) is 5.56 Å². The molecule has 0 aliphatic carbocycles. The molecule has 0 unspecified atom stereocenters. The van der Waals surface area contributed by atoms with Crippen LogP contribution in [0, 0.1) is 11.3 Å². The topological polar surface area (TPSA) is 77.6 Å². The maximum absolute atomic E-state index is 9.88. The molecule has 0 aliphatic heterocycles. The fourth-order valence-electron chi connectivity index (χ4n) is 1.26. The number of rotatable bonds is 6. The molecule has 19 heavy (non-hydrogen) atoms. The van der Waals surface area contributed by atoms with Crippen LogP contribution in [0.1, 0.15) is 18.9 Å². The van der Waals surface area contributed by atoms with Crippen molar-refractivity contribution in [3.05, 3.63) is 20.6 Å². The zero-order valence-corrected chi connectivity index (χ0v) is 13.5. The molecule has 0 saturated carbocycles. The second-order valence-electron chi connectivity index (χ2n) is 3.45. The van der Waals surface area contributed by atoms with Gasteiger partial charge in [-0.2, -0.15) is 10.4 Å². The van der Waals surface area contributed by atoms with Gasteiger partial charge in [0.25, 0.3) is 0 Å². The zero-order valence-electron chi connectivity index (χ0n) is 10.3. The minimum Gasteiger partial charge on any atom is -0.503 e. The van der Waals surface area contributed by atoms with Gasteiger partial charge in [-0.1, -0.05) is 0 Å². The Morgan fingerprint density at radius 1 is 1.53 bits per heavy atom. The number of phenols is 1. The third kappa shape index (κ3) is 4.40. The number of hydrogen-bond acceptors (Lipinski definition) is 5. The quantitative estimate of drug-likeness (QED) is 0.444. The largest absolute Gasteiger partial charge is 0.503 e.